The van der Waals surface area contributed by atoms with Gasteiger partial charge in [0.1, 0.15) is 12.4 Å². The normalized spacial score (nSPS) is 16.1. The number of imidazole rings is 1. The zero-order valence-corrected chi connectivity index (χ0v) is 21.0. The van der Waals surface area contributed by atoms with Crippen molar-refractivity contribution in [3.8, 4) is 0 Å². The second-order valence-corrected chi connectivity index (χ2v) is 8.72. The molecule has 0 saturated carbocycles. The highest BCUT2D eigenvalue weighted by atomic mass is 127. The average Bonchev–Trinajstić information content (AvgIpc) is 3.43. The summed E-state index contributed by atoms with van der Waals surface area (Å²) in [4.78, 5) is 13.3. The quantitative estimate of drug-likeness (QED) is 0.291. The molecule has 2 aromatic rings. The fourth-order valence-electron chi connectivity index (χ4n) is 3.68. The van der Waals surface area contributed by atoms with Gasteiger partial charge in [0.15, 0.2) is 5.96 Å². The van der Waals surface area contributed by atoms with E-state index in [9.17, 15) is 0 Å². The molecule has 3 rings (SSSR count). The van der Waals surface area contributed by atoms with E-state index >= 15 is 0 Å². The van der Waals surface area contributed by atoms with E-state index in [1.165, 1.54) is 30.8 Å². The van der Waals surface area contributed by atoms with Gasteiger partial charge in [0.05, 0.1) is 6.04 Å². The van der Waals surface area contributed by atoms with E-state index in [4.69, 9.17) is 4.99 Å². The van der Waals surface area contributed by atoms with Crippen molar-refractivity contribution in [2.45, 2.75) is 52.7 Å². The van der Waals surface area contributed by atoms with Crippen molar-refractivity contribution in [1.82, 2.24) is 25.1 Å². The molecule has 0 amide bonds. The van der Waals surface area contributed by atoms with Gasteiger partial charge in [-0.15, -0.1) is 35.3 Å². The van der Waals surface area contributed by atoms with Crippen LogP contribution in [0.1, 0.15) is 50.4 Å². The van der Waals surface area contributed by atoms with Crippen LogP contribution in [-0.2, 0) is 13.1 Å². The number of nitrogens with one attached hydrogen (secondary N) is 2. The summed E-state index contributed by atoms with van der Waals surface area (Å²) in [5, 5.41) is 9.13. The fourth-order valence-corrected chi connectivity index (χ4v) is 4.54. The standard InChI is InChI=1S/C21H34N6S.HI/c1-4-22-21(25-15-20-23-9-12-27(20)16-17(2)3)24-14-18(19-8-7-13-28-19)26-10-5-6-11-26;/h7-9,12-13,17-18H,4-6,10-11,14-16H2,1-3H3,(H2,22,24,25);1H. The molecule has 2 aromatic heterocycles. The van der Waals surface area contributed by atoms with Crippen LogP contribution in [0.2, 0.25) is 0 Å². The van der Waals surface area contributed by atoms with Crippen molar-refractivity contribution in [1.29, 1.82) is 0 Å². The maximum Gasteiger partial charge on any atom is 0.191 e. The largest absolute Gasteiger partial charge is 0.357 e. The summed E-state index contributed by atoms with van der Waals surface area (Å²) in [5.74, 6) is 2.47. The van der Waals surface area contributed by atoms with Crippen molar-refractivity contribution in [3.05, 3.63) is 40.6 Å². The second kappa shape index (κ2) is 12.5. The third-order valence-corrected chi connectivity index (χ3v) is 5.98. The molecular weight excluding hydrogens is 495 g/mol. The number of halogens is 1. The summed E-state index contributed by atoms with van der Waals surface area (Å²) >= 11 is 1.85. The topological polar surface area (TPSA) is 57.5 Å². The maximum atomic E-state index is 4.80. The molecule has 162 valence electrons. The Hall–Kier alpha value is -1.13. The Morgan fingerprint density at radius 2 is 2.07 bits per heavy atom. The van der Waals surface area contributed by atoms with Crippen LogP contribution in [0.3, 0.4) is 0 Å². The minimum absolute atomic E-state index is 0. The van der Waals surface area contributed by atoms with Gasteiger partial charge in [-0.2, -0.15) is 0 Å². The van der Waals surface area contributed by atoms with Crippen molar-refractivity contribution >= 4 is 41.3 Å². The van der Waals surface area contributed by atoms with Crippen LogP contribution in [0, 0.1) is 5.92 Å². The molecule has 1 aliphatic heterocycles. The summed E-state index contributed by atoms with van der Waals surface area (Å²) < 4.78 is 2.20. The molecule has 1 saturated heterocycles. The maximum absolute atomic E-state index is 4.80. The van der Waals surface area contributed by atoms with Crippen LogP contribution in [0.5, 0.6) is 0 Å². The number of hydrogen-bond acceptors (Lipinski definition) is 4. The predicted molar refractivity (Wildman–Crippen MR) is 133 cm³/mol. The third-order valence-electron chi connectivity index (χ3n) is 5.00. The first kappa shape index (κ1) is 24.1. The first-order chi connectivity index (χ1) is 13.7. The van der Waals surface area contributed by atoms with E-state index in [2.05, 4.69) is 63.4 Å². The SMILES string of the molecule is CCNC(=NCc1nccn1CC(C)C)NCC(c1cccs1)N1CCCC1.I. The average molecular weight is 531 g/mol. The number of hydrogen-bond donors (Lipinski definition) is 2. The summed E-state index contributed by atoms with van der Waals surface area (Å²) in [5.41, 5.74) is 0. The van der Waals surface area contributed by atoms with Crippen LogP contribution in [0.25, 0.3) is 0 Å². The number of rotatable bonds is 9. The lowest BCUT2D eigenvalue weighted by molar-refractivity contribution is 0.249. The molecule has 0 spiro atoms. The van der Waals surface area contributed by atoms with Gasteiger partial charge in [-0.25, -0.2) is 9.98 Å². The minimum atomic E-state index is 0. The van der Waals surface area contributed by atoms with Crippen LogP contribution >= 0.6 is 35.3 Å². The molecule has 0 bridgehead atoms. The number of aliphatic imine (C=N–C) groups is 1. The molecule has 1 aliphatic rings. The van der Waals surface area contributed by atoms with Gasteiger partial charge in [0.25, 0.3) is 0 Å². The van der Waals surface area contributed by atoms with Crippen LogP contribution < -0.4 is 10.6 Å². The lowest BCUT2D eigenvalue weighted by atomic mass is 10.2. The minimum Gasteiger partial charge on any atom is -0.357 e. The summed E-state index contributed by atoms with van der Waals surface area (Å²) in [6.07, 6.45) is 6.52. The number of nitrogens with zero attached hydrogens (tertiary/aromatic N) is 4. The molecular formula is C21H35IN6S. The predicted octanol–water partition coefficient (Wildman–Crippen LogP) is 4.11. The van der Waals surface area contributed by atoms with Gasteiger partial charge < -0.3 is 15.2 Å². The number of guanidine groups is 1. The fraction of sp³-hybridized carbons (Fsp3) is 0.619. The molecule has 0 radical (unpaired) electrons. The van der Waals surface area contributed by atoms with E-state index < -0.39 is 0 Å². The lowest BCUT2D eigenvalue weighted by Gasteiger charge is -2.27. The molecule has 0 aromatic carbocycles. The first-order valence-electron chi connectivity index (χ1n) is 10.5. The Balaban J connectivity index is 0.00000300. The van der Waals surface area contributed by atoms with E-state index in [1.54, 1.807) is 0 Å². The highest BCUT2D eigenvalue weighted by Gasteiger charge is 2.24. The Kier molecular flexibility index (Phi) is 10.4. The van der Waals surface area contributed by atoms with Crippen LogP contribution in [0.4, 0.5) is 0 Å². The lowest BCUT2D eigenvalue weighted by Crippen LogP contribution is -2.42. The molecule has 8 heteroatoms. The highest BCUT2D eigenvalue weighted by molar-refractivity contribution is 14.0. The van der Waals surface area contributed by atoms with Gasteiger partial charge >= 0.3 is 0 Å². The Bertz CT molecular complexity index is 721. The number of aromatic nitrogens is 2. The van der Waals surface area contributed by atoms with Crippen molar-refractivity contribution < 1.29 is 0 Å². The van der Waals surface area contributed by atoms with E-state index in [-0.39, 0.29) is 24.0 Å². The van der Waals surface area contributed by atoms with Gasteiger partial charge in [-0.1, -0.05) is 19.9 Å². The highest BCUT2D eigenvalue weighted by Crippen LogP contribution is 2.27. The summed E-state index contributed by atoms with van der Waals surface area (Å²) in [7, 11) is 0. The number of likely N-dealkylation sites (tertiary alicyclic amines) is 1. The van der Waals surface area contributed by atoms with Crippen LogP contribution in [-0.4, -0.2) is 46.6 Å². The van der Waals surface area contributed by atoms with Gasteiger partial charge in [-0.3, -0.25) is 4.90 Å². The van der Waals surface area contributed by atoms with Gasteiger partial charge in [-0.05, 0) is 50.2 Å². The molecule has 0 aliphatic carbocycles. The second-order valence-electron chi connectivity index (χ2n) is 7.74. The van der Waals surface area contributed by atoms with E-state index in [1.807, 2.05) is 23.7 Å². The monoisotopic (exact) mass is 530 g/mol. The molecule has 6 nitrogen and oxygen atoms in total. The Morgan fingerprint density at radius 1 is 1.28 bits per heavy atom. The Morgan fingerprint density at radius 3 is 2.72 bits per heavy atom. The van der Waals surface area contributed by atoms with Gasteiger partial charge in [0.2, 0.25) is 0 Å². The third kappa shape index (κ3) is 7.25. The molecule has 1 atom stereocenters. The molecule has 3 heterocycles. The zero-order valence-electron chi connectivity index (χ0n) is 17.8. The molecule has 1 unspecified atom stereocenters. The molecule has 1 fully saturated rings. The van der Waals surface area contributed by atoms with Crippen molar-refractivity contribution in [2.24, 2.45) is 10.9 Å². The van der Waals surface area contributed by atoms with Crippen molar-refractivity contribution in [2.75, 3.05) is 26.2 Å². The van der Waals surface area contributed by atoms with Gasteiger partial charge in [0, 0.05) is 36.9 Å². The molecule has 29 heavy (non-hydrogen) atoms. The van der Waals surface area contributed by atoms with Crippen molar-refractivity contribution in [3.63, 3.8) is 0 Å². The van der Waals surface area contributed by atoms with E-state index in [0.717, 1.165) is 31.4 Å². The number of thiophene rings is 1. The molecule has 2 N–H and O–H groups in total. The first-order valence-corrected chi connectivity index (χ1v) is 11.3. The van der Waals surface area contributed by atoms with E-state index in [0.29, 0.717) is 18.5 Å². The van der Waals surface area contributed by atoms with Crippen LogP contribution in [0.15, 0.2) is 34.9 Å². The Labute approximate surface area is 196 Å². The zero-order chi connectivity index (χ0) is 19.8. The smallest absolute Gasteiger partial charge is 0.191 e. The summed E-state index contributed by atoms with van der Waals surface area (Å²) in [6, 6.07) is 4.81. The summed E-state index contributed by atoms with van der Waals surface area (Å²) in [6.45, 7) is 12.2.